The number of ketones is 1. The number of carbonyl (C=O) groups excluding carboxylic acids is 5. The average Bonchev–Trinajstić information content (AvgIpc) is 2.90. The van der Waals surface area contributed by atoms with Crippen molar-refractivity contribution in [1.29, 1.82) is 0 Å². The number of fused-ring (bicyclic) bond motifs is 1. The number of nitrogens with one attached hydrogen (secondary N) is 1. The van der Waals surface area contributed by atoms with Crippen molar-refractivity contribution in [3.05, 3.63) is 45.5 Å². The van der Waals surface area contributed by atoms with E-state index in [4.69, 9.17) is 14.2 Å². The molecule has 1 aliphatic rings. The summed E-state index contributed by atoms with van der Waals surface area (Å²) in [5, 5.41) is 13.9. The molecule has 0 fully saturated rings. The fraction of sp³-hybridized carbons (Fsp3) is 0.387. The van der Waals surface area contributed by atoms with Crippen LogP contribution in [0.1, 0.15) is 71.5 Å². The Morgan fingerprint density at radius 1 is 0.907 bits per heavy atom. The van der Waals surface area contributed by atoms with Crippen molar-refractivity contribution < 1.29 is 43.3 Å². The number of anilines is 2. The van der Waals surface area contributed by atoms with Crippen LogP contribution in [0.15, 0.2) is 17.7 Å². The zero-order chi connectivity index (χ0) is 32.3. The molecule has 0 spiro atoms. The Morgan fingerprint density at radius 3 is 2.00 bits per heavy atom. The molecule has 0 aromatic heterocycles. The van der Waals surface area contributed by atoms with E-state index in [1.54, 1.807) is 25.1 Å². The molecule has 12 heteroatoms. The second-order valence-corrected chi connectivity index (χ2v) is 10.4. The average molecular weight is 596 g/mol. The zero-order valence-electron chi connectivity index (χ0n) is 25.9. The number of allylic oxidation sites excluding steroid dienone is 1. The predicted molar refractivity (Wildman–Crippen MR) is 160 cm³/mol. The molecular weight excluding hydrogens is 558 g/mol. The van der Waals surface area contributed by atoms with Crippen LogP contribution >= 0.6 is 0 Å². The van der Waals surface area contributed by atoms with Crippen LogP contribution in [-0.4, -0.2) is 69.9 Å². The van der Waals surface area contributed by atoms with Gasteiger partial charge in [-0.15, -0.1) is 0 Å². The zero-order valence-corrected chi connectivity index (χ0v) is 25.9. The molecule has 3 rings (SSSR count). The molecule has 0 unspecified atom stereocenters. The summed E-state index contributed by atoms with van der Waals surface area (Å²) in [7, 11) is 8.43. The van der Waals surface area contributed by atoms with Crippen molar-refractivity contribution >= 4 is 46.7 Å². The van der Waals surface area contributed by atoms with Crippen LogP contribution < -0.4 is 29.3 Å². The van der Waals surface area contributed by atoms with E-state index < -0.39 is 40.8 Å². The molecule has 0 aliphatic heterocycles. The third-order valence-corrected chi connectivity index (χ3v) is 6.89. The van der Waals surface area contributed by atoms with Crippen molar-refractivity contribution in [1.82, 2.24) is 5.32 Å². The van der Waals surface area contributed by atoms with E-state index in [1.165, 1.54) is 7.11 Å². The van der Waals surface area contributed by atoms with Gasteiger partial charge in [0.1, 0.15) is 17.1 Å². The topological polar surface area (TPSA) is 152 Å². The first-order chi connectivity index (χ1) is 20.2. The molecule has 0 saturated carbocycles. The fourth-order valence-electron chi connectivity index (χ4n) is 5.33. The highest BCUT2D eigenvalue weighted by atomic mass is 16.5. The number of aliphatic hydroxyl groups is 1. The molecule has 2 amide bonds. The van der Waals surface area contributed by atoms with Gasteiger partial charge in [0.25, 0.3) is 5.91 Å². The second kappa shape index (κ2) is 13.0. The SMILES string of the molecule is CCc1c(N(C)C)ccc(OC)c1/C(O)=C1\CCc2c(c(OC(C)=O)c(C(=O)NC(C)=O)c(OC(C)=O)c2N(C)C)C1=O. The van der Waals surface area contributed by atoms with E-state index in [-0.39, 0.29) is 41.2 Å². The van der Waals surface area contributed by atoms with E-state index in [0.29, 0.717) is 23.3 Å². The first-order valence-electron chi connectivity index (χ1n) is 13.6. The number of aliphatic hydroxyl groups excluding tert-OH is 1. The number of benzene rings is 2. The van der Waals surface area contributed by atoms with Crippen molar-refractivity contribution in [2.45, 2.75) is 47.0 Å². The van der Waals surface area contributed by atoms with Gasteiger partial charge in [-0.2, -0.15) is 0 Å². The predicted octanol–water partition coefficient (Wildman–Crippen LogP) is 3.61. The summed E-state index contributed by atoms with van der Waals surface area (Å²) in [5.41, 5.74) is 1.80. The third-order valence-electron chi connectivity index (χ3n) is 6.89. The van der Waals surface area contributed by atoms with Crippen molar-refractivity contribution in [3.8, 4) is 17.2 Å². The van der Waals surface area contributed by atoms with Crippen molar-refractivity contribution in [3.63, 3.8) is 0 Å². The number of nitrogens with zero attached hydrogens (tertiary/aromatic N) is 2. The maximum absolute atomic E-state index is 14.4. The Bertz CT molecular complexity index is 1550. The minimum absolute atomic E-state index is 0.00711. The molecule has 2 aromatic rings. The summed E-state index contributed by atoms with van der Waals surface area (Å²) in [6.45, 7) is 5.23. The normalized spacial score (nSPS) is 13.5. The first kappa shape index (κ1) is 32.6. The lowest BCUT2D eigenvalue weighted by molar-refractivity contribution is -0.132. The van der Waals surface area contributed by atoms with Gasteiger partial charge in [-0.25, -0.2) is 0 Å². The van der Waals surface area contributed by atoms with Crippen LogP contribution in [0.3, 0.4) is 0 Å². The number of rotatable bonds is 8. The lowest BCUT2D eigenvalue weighted by Crippen LogP contribution is -2.32. The van der Waals surface area contributed by atoms with Gasteiger partial charge in [-0.1, -0.05) is 6.92 Å². The summed E-state index contributed by atoms with van der Waals surface area (Å²) < 4.78 is 16.5. The maximum Gasteiger partial charge on any atom is 0.308 e. The third kappa shape index (κ3) is 6.32. The van der Waals surface area contributed by atoms with Gasteiger partial charge < -0.3 is 29.1 Å². The van der Waals surface area contributed by atoms with Gasteiger partial charge in [0, 0.05) is 60.2 Å². The Hall–Kier alpha value is -4.87. The van der Waals surface area contributed by atoms with E-state index >= 15 is 0 Å². The molecule has 0 atom stereocenters. The van der Waals surface area contributed by atoms with E-state index in [0.717, 1.165) is 32.0 Å². The number of imide groups is 1. The van der Waals surface area contributed by atoms with Crippen LogP contribution in [0.4, 0.5) is 11.4 Å². The number of hydrogen-bond acceptors (Lipinski definition) is 11. The van der Waals surface area contributed by atoms with Crippen molar-refractivity contribution in [2.24, 2.45) is 0 Å². The summed E-state index contributed by atoms with van der Waals surface area (Å²) in [5.74, 6) is -4.86. The lowest BCUT2D eigenvalue weighted by Gasteiger charge is -2.30. The lowest BCUT2D eigenvalue weighted by atomic mass is 9.81. The van der Waals surface area contributed by atoms with E-state index in [9.17, 15) is 29.1 Å². The van der Waals surface area contributed by atoms with Gasteiger partial charge >= 0.3 is 11.9 Å². The van der Waals surface area contributed by atoms with Crippen LogP contribution in [0.5, 0.6) is 17.2 Å². The van der Waals surface area contributed by atoms with Gasteiger partial charge in [-0.3, -0.25) is 29.3 Å². The minimum atomic E-state index is -1.05. The Kier molecular flexibility index (Phi) is 9.85. The molecule has 2 N–H and O–H groups in total. The molecule has 0 radical (unpaired) electrons. The monoisotopic (exact) mass is 595 g/mol. The molecule has 1 aliphatic carbocycles. The molecule has 0 saturated heterocycles. The summed E-state index contributed by atoms with van der Waals surface area (Å²) >= 11 is 0. The van der Waals surface area contributed by atoms with Gasteiger partial charge in [0.15, 0.2) is 17.3 Å². The molecule has 230 valence electrons. The van der Waals surface area contributed by atoms with Gasteiger partial charge in [0.05, 0.1) is 23.9 Å². The fourth-order valence-corrected chi connectivity index (χ4v) is 5.33. The number of carbonyl (C=O) groups is 5. The van der Waals surface area contributed by atoms with Crippen LogP contribution in [0.25, 0.3) is 5.76 Å². The van der Waals surface area contributed by atoms with Crippen LogP contribution in [0, 0.1) is 0 Å². The van der Waals surface area contributed by atoms with Crippen LogP contribution in [0.2, 0.25) is 0 Å². The Morgan fingerprint density at radius 2 is 1.51 bits per heavy atom. The minimum Gasteiger partial charge on any atom is -0.507 e. The number of methoxy groups -OCH3 is 1. The maximum atomic E-state index is 14.4. The Balaban J connectivity index is 2.50. The van der Waals surface area contributed by atoms with Crippen molar-refractivity contribution in [2.75, 3.05) is 45.1 Å². The van der Waals surface area contributed by atoms with Gasteiger partial charge in [0.2, 0.25) is 5.91 Å². The molecule has 2 aromatic carbocycles. The van der Waals surface area contributed by atoms with Gasteiger partial charge in [-0.05, 0) is 42.5 Å². The Labute approximate surface area is 250 Å². The number of Topliss-reactive ketones (excluding diaryl/α,β-unsaturated/α-hetero) is 1. The van der Waals surface area contributed by atoms with E-state index in [2.05, 4.69) is 5.32 Å². The summed E-state index contributed by atoms with van der Waals surface area (Å²) in [6.07, 6.45) is 0.712. The summed E-state index contributed by atoms with van der Waals surface area (Å²) in [4.78, 5) is 67.6. The number of esters is 2. The molecular formula is C31H37N3O9. The van der Waals surface area contributed by atoms with E-state index in [1.807, 2.05) is 32.0 Å². The molecule has 0 bridgehead atoms. The second-order valence-electron chi connectivity index (χ2n) is 10.4. The highest BCUT2D eigenvalue weighted by Gasteiger charge is 2.39. The molecule has 0 heterocycles. The largest absolute Gasteiger partial charge is 0.507 e. The summed E-state index contributed by atoms with van der Waals surface area (Å²) in [6, 6.07) is 3.56. The quantitative estimate of drug-likeness (QED) is 0.199. The standard InChI is InChI=1S/C31H37N3O9/c1-10-18-21(33(5)6)13-14-22(41-9)23(18)27(38)20-12-11-19-24(28(20)39)29(42-16(3)36)25(31(40)32-15(2)35)30(43-17(4)37)26(19)34(7)8/h13-14,38H,10-12H2,1-9H3,(H,32,35,40)/b27-20-. The molecule has 12 nitrogen and oxygen atoms in total. The molecule has 43 heavy (non-hydrogen) atoms. The smallest absolute Gasteiger partial charge is 0.308 e. The number of amides is 2. The number of hydrogen-bond donors (Lipinski definition) is 2. The first-order valence-corrected chi connectivity index (χ1v) is 13.6. The highest BCUT2D eigenvalue weighted by Crippen LogP contribution is 2.49. The number of ether oxygens (including phenoxy) is 3. The highest BCUT2D eigenvalue weighted by molar-refractivity contribution is 6.20. The van der Waals surface area contributed by atoms with Crippen LogP contribution in [-0.2, 0) is 27.2 Å².